The smallest absolute Gasteiger partial charge is 0.252 e. The predicted molar refractivity (Wildman–Crippen MR) is 108 cm³/mol. The second-order valence-electron chi connectivity index (χ2n) is 7.42. The van der Waals surface area contributed by atoms with Crippen LogP contribution in [0.4, 0.5) is 13.2 Å². The Bertz CT molecular complexity index is 1160. The van der Waals surface area contributed by atoms with Crippen molar-refractivity contribution >= 4 is 0 Å². The van der Waals surface area contributed by atoms with Crippen LogP contribution in [0.25, 0.3) is 17.1 Å². The van der Waals surface area contributed by atoms with Gasteiger partial charge >= 0.3 is 6.18 Å². The molecule has 0 spiro atoms. The minimum atomic E-state index is -4.51. The van der Waals surface area contributed by atoms with Crippen molar-refractivity contribution in [1.82, 2.24) is 19.7 Å². The molecule has 0 fully saturated rings. The maximum Gasteiger partial charge on any atom is 0.433 e. The third-order valence-corrected chi connectivity index (χ3v) is 4.95. The van der Waals surface area contributed by atoms with E-state index in [1.54, 1.807) is 12.3 Å². The second kappa shape index (κ2) is 7.40. The fourth-order valence-electron chi connectivity index (χ4n) is 3.18. The molecule has 7 heteroatoms. The van der Waals surface area contributed by atoms with Crippen molar-refractivity contribution in [3.8, 4) is 17.1 Å². The summed E-state index contributed by atoms with van der Waals surface area (Å²) in [7, 11) is 0. The summed E-state index contributed by atoms with van der Waals surface area (Å²) >= 11 is 0. The highest BCUT2D eigenvalue weighted by Crippen LogP contribution is 2.31. The third kappa shape index (κ3) is 3.83. The summed E-state index contributed by atoms with van der Waals surface area (Å²) in [6, 6.07) is 21.2. The van der Waals surface area contributed by atoms with Gasteiger partial charge in [-0.25, -0.2) is 9.67 Å². The van der Waals surface area contributed by atoms with Gasteiger partial charge in [-0.3, -0.25) is 4.98 Å². The molecule has 0 unspecified atom stereocenters. The zero-order chi connectivity index (χ0) is 21.4. The van der Waals surface area contributed by atoms with Gasteiger partial charge in [0.05, 0.1) is 22.5 Å². The molecule has 0 aliphatic carbocycles. The average Bonchev–Trinajstić information content (AvgIpc) is 3.25. The van der Waals surface area contributed by atoms with Crippen LogP contribution in [-0.4, -0.2) is 19.7 Å². The van der Waals surface area contributed by atoms with Crippen molar-refractivity contribution in [3.05, 3.63) is 96.1 Å². The minimum Gasteiger partial charge on any atom is -0.252 e. The molecule has 0 aliphatic rings. The van der Waals surface area contributed by atoms with Gasteiger partial charge in [0.15, 0.2) is 5.82 Å². The number of benzene rings is 1. The van der Waals surface area contributed by atoms with Crippen LogP contribution in [0.3, 0.4) is 0 Å². The van der Waals surface area contributed by atoms with E-state index in [2.05, 4.69) is 10.1 Å². The summed E-state index contributed by atoms with van der Waals surface area (Å²) in [4.78, 5) is 8.50. The summed E-state index contributed by atoms with van der Waals surface area (Å²) in [5, 5.41) is 4.50. The van der Waals surface area contributed by atoms with Crippen LogP contribution >= 0.6 is 0 Å². The Labute approximate surface area is 172 Å². The van der Waals surface area contributed by atoms with E-state index in [-0.39, 0.29) is 5.82 Å². The first-order valence-electron chi connectivity index (χ1n) is 9.39. The molecule has 0 amide bonds. The zero-order valence-corrected chi connectivity index (χ0v) is 16.4. The third-order valence-electron chi connectivity index (χ3n) is 4.95. The standard InChI is InChI=1S/C23H19F3N4/c1-22(2,18-11-6-10-17(27-18)16-8-4-3-5-9-16)19-14-15-30(29-19)21-13-7-12-20(28-21)23(24,25)26/h3-15H,1-2H3. The molecular formula is C23H19F3N4. The van der Waals surface area contributed by atoms with Crippen molar-refractivity contribution in [1.29, 1.82) is 0 Å². The number of pyridine rings is 2. The van der Waals surface area contributed by atoms with Gasteiger partial charge in [0.25, 0.3) is 0 Å². The van der Waals surface area contributed by atoms with Gasteiger partial charge in [-0.05, 0) is 44.2 Å². The molecule has 0 saturated heterocycles. The maximum absolute atomic E-state index is 13.0. The molecule has 0 atom stereocenters. The molecule has 1 aromatic carbocycles. The molecule has 4 aromatic rings. The number of hydrogen-bond acceptors (Lipinski definition) is 3. The average molecular weight is 408 g/mol. The Morgan fingerprint density at radius 3 is 2.13 bits per heavy atom. The van der Waals surface area contributed by atoms with Crippen molar-refractivity contribution in [2.24, 2.45) is 0 Å². The first-order chi connectivity index (χ1) is 14.2. The van der Waals surface area contributed by atoms with E-state index < -0.39 is 17.3 Å². The molecule has 3 heterocycles. The highest BCUT2D eigenvalue weighted by Gasteiger charge is 2.33. The monoisotopic (exact) mass is 408 g/mol. The molecule has 3 aromatic heterocycles. The maximum atomic E-state index is 13.0. The quantitative estimate of drug-likeness (QED) is 0.437. The summed E-state index contributed by atoms with van der Waals surface area (Å²) < 4.78 is 40.3. The molecule has 0 N–H and O–H groups in total. The lowest BCUT2D eigenvalue weighted by Crippen LogP contribution is -2.22. The van der Waals surface area contributed by atoms with Crippen LogP contribution in [0, 0.1) is 0 Å². The lowest BCUT2D eigenvalue weighted by atomic mass is 9.85. The largest absolute Gasteiger partial charge is 0.433 e. The summed E-state index contributed by atoms with van der Waals surface area (Å²) in [6.45, 7) is 3.96. The van der Waals surface area contributed by atoms with E-state index in [1.165, 1.54) is 16.8 Å². The second-order valence-corrected chi connectivity index (χ2v) is 7.42. The Balaban J connectivity index is 1.68. The molecule has 30 heavy (non-hydrogen) atoms. The molecule has 0 radical (unpaired) electrons. The van der Waals surface area contributed by atoms with Crippen LogP contribution < -0.4 is 0 Å². The predicted octanol–water partition coefficient (Wildman–Crippen LogP) is 5.67. The van der Waals surface area contributed by atoms with Gasteiger partial charge in [0.2, 0.25) is 0 Å². The molecule has 0 bridgehead atoms. The summed E-state index contributed by atoms with van der Waals surface area (Å²) in [5.41, 5.74) is 1.84. The van der Waals surface area contributed by atoms with E-state index >= 15 is 0 Å². The van der Waals surface area contributed by atoms with Gasteiger partial charge in [-0.2, -0.15) is 18.3 Å². The molecule has 4 nitrogen and oxygen atoms in total. The van der Waals surface area contributed by atoms with Crippen LogP contribution in [0.5, 0.6) is 0 Å². The van der Waals surface area contributed by atoms with Crippen LogP contribution in [0.2, 0.25) is 0 Å². The van der Waals surface area contributed by atoms with Gasteiger partial charge in [-0.1, -0.05) is 42.5 Å². The molecule has 0 saturated carbocycles. The van der Waals surface area contributed by atoms with Gasteiger partial charge in [0, 0.05) is 11.8 Å². The van der Waals surface area contributed by atoms with Crippen LogP contribution in [-0.2, 0) is 11.6 Å². The van der Waals surface area contributed by atoms with Crippen molar-refractivity contribution in [3.63, 3.8) is 0 Å². The summed E-state index contributed by atoms with van der Waals surface area (Å²) in [6.07, 6.45) is -2.90. The van der Waals surface area contributed by atoms with Crippen LogP contribution in [0.15, 0.2) is 79.0 Å². The van der Waals surface area contributed by atoms with Crippen molar-refractivity contribution in [2.75, 3.05) is 0 Å². The number of hydrogen-bond donors (Lipinski definition) is 0. The first kappa shape index (κ1) is 19.8. The normalized spacial score (nSPS) is 12.2. The topological polar surface area (TPSA) is 43.6 Å². The number of halogens is 3. The molecule has 4 rings (SSSR count). The Hall–Kier alpha value is -3.48. The number of aromatic nitrogens is 4. The van der Waals surface area contributed by atoms with Gasteiger partial charge in [0.1, 0.15) is 5.69 Å². The molecule has 0 aliphatic heterocycles. The Morgan fingerprint density at radius 2 is 1.40 bits per heavy atom. The lowest BCUT2D eigenvalue weighted by molar-refractivity contribution is -0.141. The van der Waals surface area contributed by atoms with Crippen molar-refractivity contribution in [2.45, 2.75) is 25.4 Å². The minimum absolute atomic E-state index is 0.109. The zero-order valence-electron chi connectivity index (χ0n) is 16.4. The lowest BCUT2D eigenvalue weighted by Gasteiger charge is -2.22. The van der Waals surface area contributed by atoms with Gasteiger partial charge in [-0.15, -0.1) is 0 Å². The van der Waals surface area contributed by atoms with E-state index in [1.807, 2.05) is 62.4 Å². The van der Waals surface area contributed by atoms with E-state index in [9.17, 15) is 13.2 Å². The van der Waals surface area contributed by atoms with Crippen molar-refractivity contribution < 1.29 is 13.2 Å². The highest BCUT2D eigenvalue weighted by molar-refractivity contribution is 5.59. The first-order valence-corrected chi connectivity index (χ1v) is 9.39. The SMILES string of the molecule is CC(C)(c1cccc(-c2ccccc2)n1)c1ccn(-c2cccc(C(F)(F)F)n2)n1. The Morgan fingerprint density at radius 1 is 0.700 bits per heavy atom. The van der Waals surface area contributed by atoms with Gasteiger partial charge < -0.3 is 0 Å². The number of alkyl halides is 3. The molecule has 152 valence electrons. The fraction of sp³-hybridized carbons (Fsp3) is 0.174. The summed E-state index contributed by atoms with van der Waals surface area (Å²) in [5.74, 6) is 0.109. The highest BCUT2D eigenvalue weighted by atomic mass is 19.4. The fourth-order valence-corrected chi connectivity index (χ4v) is 3.18. The number of nitrogens with zero attached hydrogens (tertiary/aromatic N) is 4. The van der Waals surface area contributed by atoms with E-state index in [0.29, 0.717) is 5.69 Å². The van der Waals surface area contributed by atoms with E-state index in [4.69, 9.17) is 4.98 Å². The van der Waals surface area contributed by atoms with E-state index in [0.717, 1.165) is 23.0 Å². The number of rotatable bonds is 4. The molecular weight excluding hydrogens is 389 g/mol. The van der Waals surface area contributed by atoms with Crippen LogP contribution in [0.1, 0.15) is 30.9 Å². The Kier molecular flexibility index (Phi) is 4.89.